The first kappa shape index (κ1) is 23.5. The normalized spacial score (nSPS) is 18.3. The lowest BCUT2D eigenvalue weighted by Crippen LogP contribution is -2.35. The molecule has 0 aliphatic carbocycles. The molecule has 0 unspecified atom stereocenters. The summed E-state index contributed by atoms with van der Waals surface area (Å²) in [5.74, 6) is 0. The first-order valence-electron chi connectivity index (χ1n) is 11.7. The first-order chi connectivity index (χ1) is 15.8. The molecule has 0 radical (unpaired) electrons. The monoisotopic (exact) mass is 461 g/mol. The molecule has 3 aromatic rings. The van der Waals surface area contributed by atoms with E-state index in [0.29, 0.717) is 0 Å². The molecule has 174 valence electrons. The zero-order valence-corrected chi connectivity index (χ0v) is 21.4. The largest absolute Gasteiger partial charge is 0.352 e. The van der Waals surface area contributed by atoms with Crippen LogP contribution >= 0.6 is 12.2 Å². The molecule has 2 aromatic heterocycles. The third kappa shape index (κ3) is 4.42. The molecule has 0 spiro atoms. The van der Waals surface area contributed by atoms with Gasteiger partial charge in [-0.15, -0.1) is 0 Å². The van der Waals surface area contributed by atoms with Crippen LogP contribution in [-0.4, -0.2) is 51.6 Å². The van der Waals surface area contributed by atoms with Gasteiger partial charge in [0.15, 0.2) is 5.11 Å². The Hall–Kier alpha value is -2.70. The standard InChI is InChI=1S/C27H35N5S/c1-7-21-12-10-11-18(2)25(21)32-19(3)17-22(20(32)4)26-24(23-13-8-9-14-28-23)29-27(33)31(26)16-15-30(5)6/h8-14,17,24,26H,7,15-16H2,1-6H3,(H,29,33)/t24-,26+/m0/s1. The van der Waals surface area contributed by atoms with Gasteiger partial charge in [0.1, 0.15) is 0 Å². The lowest BCUT2D eigenvalue weighted by Gasteiger charge is -2.29. The Bertz CT molecular complexity index is 1130. The number of hydrogen-bond acceptors (Lipinski definition) is 3. The molecule has 1 aromatic carbocycles. The van der Waals surface area contributed by atoms with Crippen LogP contribution in [0, 0.1) is 20.8 Å². The molecule has 0 amide bonds. The van der Waals surface area contributed by atoms with Crippen molar-refractivity contribution >= 4 is 17.3 Å². The maximum Gasteiger partial charge on any atom is 0.170 e. The van der Waals surface area contributed by atoms with Crippen molar-refractivity contribution in [3.05, 3.63) is 82.4 Å². The maximum atomic E-state index is 5.85. The summed E-state index contributed by atoms with van der Waals surface area (Å²) in [6.07, 6.45) is 2.87. The molecule has 6 heteroatoms. The molecule has 0 saturated carbocycles. The maximum absolute atomic E-state index is 5.85. The van der Waals surface area contributed by atoms with E-state index in [2.05, 4.69) is 97.9 Å². The summed E-state index contributed by atoms with van der Waals surface area (Å²) in [5, 5.41) is 4.39. The van der Waals surface area contributed by atoms with Gasteiger partial charge in [-0.2, -0.15) is 0 Å². The summed E-state index contributed by atoms with van der Waals surface area (Å²) >= 11 is 5.85. The summed E-state index contributed by atoms with van der Waals surface area (Å²) in [6, 6.07) is 15.2. The molecule has 1 fully saturated rings. The minimum Gasteiger partial charge on any atom is -0.352 e. The zero-order valence-electron chi connectivity index (χ0n) is 20.6. The van der Waals surface area contributed by atoms with Crippen LogP contribution in [0.1, 0.15) is 52.8 Å². The van der Waals surface area contributed by atoms with Crippen molar-refractivity contribution in [2.45, 2.75) is 46.2 Å². The Morgan fingerprint density at radius 2 is 1.88 bits per heavy atom. The first-order valence-corrected chi connectivity index (χ1v) is 12.1. The van der Waals surface area contributed by atoms with E-state index in [9.17, 15) is 0 Å². The highest BCUT2D eigenvalue weighted by Gasteiger charge is 2.41. The molecule has 3 heterocycles. The SMILES string of the molecule is CCc1cccc(C)c1-n1c(C)cc([C@@H]2[C@H](c3ccccn3)NC(=S)N2CCN(C)C)c1C. The molecule has 4 rings (SSSR count). The minimum atomic E-state index is 0.0114. The van der Waals surface area contributed by atoms with Crippen LogP contribution in [0.4, 0.5) is 0 Å². The van der Waals surface area contributed by atoms with Gasteiger partial charge in [-0.3, -0.25) is 4.98 Å². The number of likely N-dealkylation sites (N-methyl/N-ethyl adjacent to an activating group) is 1. The lowest BCUT2D eigenvalue weighted by atomic mass is 9.96. The summed E-state index contributed by atoms with van der Waals surface area (Å²) in [5.41, 5.74) is 8.82. The van der Waals surface area contributed by atoms with Crippen molar-refractivity contribution in [2.75, 3.05) is 27.2 Å². The molecule has 2 atom stereocenters. The molecular weight excluding hydrogens is 426 g/mol. The number of para-hydroxylation sites is 1. The molecule has 1 aliphatic rings. The van der Waals surface area contributed by atoms with E-state index in [0.717, 1.165) is 30.3 Å². The van der Waals surface area contributed by atoms with E-state index >= 15 is 0 Å². The number of aryl methyl sites for hydroxylation is 3. The van der Waals surface area contributed by atoms with Gasteiger partial charge in [0.05, 0.1) is 23.5 Å². The van der Waals surface area contributed by atoms with E-state index in [1.54, 1.807) is 0 Å². The summed E-state index contributed by atoms with van der Waals surface area (Å²) in [6.45, 7) is 10.7. The number of hydrogen-bond donors (Lipinski definition) is 1. The summed E-state index contributed by atoms with van der Waals surface area (Å²) in [4.78, 5) is 9.25. The van der Waals surface area contributed by atoms with Gasteiger partial charge in [0.25, 0.3) is 0 Å². The van der Waals surface area contributed by atoms with Gasteiger partial charge < -0.3 is 19.7 Å². The van der Waals surface area contributed by atoms with E-state index in [1.165, 1.54) is 33.8 Å². The van der Waals surface area contributed by atoms with Crippen LogP contribution in [0.15, 0.2) is 48.7 Å². The van der Waals surface area contributed by atoms with Crippen LogP contribution < -0.4 is 5.32 Å². The fourth-order valence-electron chi connectivity index (χ4n) is 5.05. The number of nitrogens with zero attached hydrogens (tertiary/aromatic N) is 4. The van der Waals surface area contributed by atoms with Gasteiger partial charge in [-0.25, -0.2) is 0 Å². The number of thiocarbonyl (C=S) groups is 1. The van der Waals surface area contributed by atoms with Gasteiger partial charge >= 0.3 is 0 Å². The van der Waals surface area contributed by atoms with Gasteiger partial charge in [-0.1, -0.05) is 31.2 Å². The Kier molecular flexibility index (Phi) is 6.86. The Balaban J connectivity index is 1.85. The highest BCUT2D eigenvalue weighted by molar-refractivity contribution is 7.80. The lowest BCUT2D eigenvalue weighted by molar-refractivity contribution is 0.277. The highest BCUT2D eigenvalue weighted by Crippen LogP contribution is 2.41. The van der Waals surface area contributed by atoms with Crippen molar-refractivity contribution in [2.24, 2.45) is 0 Å². The minimum absolute atomic E-state index is 0.0114. The molecule has 33 heavy (non-hydrogen) atoms. The Labute approximate surface area is 203 Å². The second-order valence-electron chi connectivity index (χ2n) is 9.22. The van der Waals surface area contributed by atoms with Crippen LogP contribution in [0.3, 0.4) is 0 Å². The molecule has 1 N–H and O–H groups in total. The fraction of sp³-hybridized carbons (Fsp3) is 0.407. The fourth-order valence-corrected chi connectivity index (χ4v) is 5.38. The van der Waals surface area contributed by atoms with Gasteiger partial charge in [-0.05, 0) is 88.4 Å². The van der Waals surface area contributed by atoms with E-state index in [4.69, 9.17) is 17.2 Å². The van der Waals surface area contributed by atoms with E-state index < -0.39 is 0 Å². The predicted molar refractivity (Wildman–Crippen MR) is 140 cm³/mol. The Morgan fingerprint density at radius 3 is 2.55 bits per heavy atom. The summed E-state index contributed by atoms with van der Waals surface area (Å²) < 4.78 is 2.43. The number of pyridine rings is 1. The number of aromatic nitrogens is 2. The second kappa shape index (κ2) is 9.65. The van der Waals surface area contributed by atoms with Crippen molar-refractivity contribution in [1.82, 2.24) is 24.7 Å². The quantitative estimate of drug-likeness (QED) is 0.507. The van der Waals surface area contributed by atoms with Crippen LogP contribution in [-0.2, 0) is 6.42 Å². The molecule has 1 saturated heterocycles. The predicted octanol–water partition coefficient (Wildman–Crippen LogP) is 4.89. The van der Waals surface area contributed by atoms with Crippen molar-refractivity contribution in [1.29, 1.82) is 0 Å². The van der Waals surface area contributed by atoms with Gasteiger partial charge in [0, 0.05) is 30.7 Å². The van der Waals surface area contributed by atoms with E-state index in [1.807, 2.05) is 12.3 Å². The second-order valence-corrected chi connectivity index (χ2v) is 9.61. The average Bonchev–Trinajstić information content (AvgIpc) is 3.27. The molecule has 0 bridgehead atoms. The topological polar surface area (TPSA) is 36.3 Å². The zero-order chi connectivity index (χ0) is 23.7. The smallest absolute Gasteiger partial charge is 0.170 e. The summed E-state index contributed by atoms with van der Waals surface area (Å²) in [7, 11) is 4.21. The molecule has 5 nitrogen and oxygen atoms in total. The average molecular weight is 462 g/mol. The van der Waals surface area contributed by atoms with Crippen LogP contribution in [0.5, 0.6) is 0 Å². The van der Waals surface area contributed by atoms with Crippen molar-refractivity contribution < 1.29 is 0 Å². The van der Waals surface area contributed by atoms with Gasteiger partial charge in [0.2, 0.25) is 0 Å². The van der Waals surface area contributed by atoms with Crippen LogP contribution in [0.25, 0.3) is 5.69 Å². The third-order valence-electron chi connectivity index (χ3n) is 6.70. The highest BCUT2D eigenvalue weighted by atomic mass is 32.1. The van der Waals surface area contributed by atoms with Crippen molar-refractivity contribution in [3.8, 4) is 5.69 Å². The third-order valence-corrected chi connectivity index (χ3v) is 7.05. The molecular formula is C27H35N5S. The molecule has 1 aliphatic heterocycles. The Morgan fingerprint density at radius 1 is 1.09 bits per heavy atom. The van der Waals surface area contributed by atoms with Crippen molar-refractivity contribution in [3.63, 3.8) is 0 Å². The number of rotatable bonds is 7. The van der Waals surface area contributed by atoms with E-state index in [-0.39, 0.29) is 12.1 Å². The number of nitrogens with one attached hydrogen (secondary N) is 1. The van der Waals surface area contributed by atoms with Crippen LogP contribution in [0.2, 0.25) is 0 Å². The number of benzene rings is 1.